The Labute approximate surface area is 105 Å². The van der Waals surface area contributed by atoms with Gasteiger partial charge in [-0.05, 0) is 43.5 Å². The van der Waals surface area contributed by atoms with E-state index in [4.69, 9.17) is 5.11 Å². The van der Waals surface area contributed by atoms with Gasteiger partial charge in [-0.3, -0.25) is 0 Å². The monoisotopic (exact) mass is 244 g/mol. The summed E-state index contributed by atoms with van der Waals surface area (Å²) in [6.45, 7) is 0. The molecule has 1 aromatic carbocycles. The second-order valence-corrected chi connectivity index (χ2v) is 4.19. The lowest BCUT2D eigenvalue weighted by Crippen LogP contribution is -2.07. The minimum Gasteiger partial charge on any atom is -0.478 e. The van der Waals surface area contributed by atoms with Crippen LogP contribution in [0.3, 0.4) is 0 Å². The highest BCUT2D eigenvalue weighted by atomic mass is 19.1. The summed E-state index contributed by atoms with van der Waals surface area (Å²) in [4.78, 5) is 10.7. The molecular formula is C15H13FO2. The van der Waals surface area contributed by atoms with E-state index in [1.54, 1.807) is 12.1 Å². The van der Waals surface area contributed by atoms with Gasteiger partial charge in [-0.2, -0.15) is 0 Å². The Morgan fingerprint density at radius 1 is 1.28 bits per heavy atom. The molecule has 1 aliphatic carbocycles. The van der Waals surface area contributed by atoms with Crippen LogP contribution in [0.5, 0.6) is 0 Å². The Hall–Kier alpha value is -2.08. The summed E-state index contributed by atoms with van der Waals surface area (Å²) in [5.74, 6) is 4.72. The quantitative estimate of drug-likeness (QED) is 0.770. The molecule has 2 rings (SSSR count). The smallest absolute Gasteiger partial charge is 0.335 e. The third-order valence-electron chi connectivity index (χ3n) is 2.85. The number of carbonyl (C=O) groups is 1. The van der Waals surface area contributed by atoms with Crippen LogP contribution in [0.2, 0.25) is 0 Å². The predicted molar refractivity (Wildman–Crippen MR) is 67.1 cm³/mol. The Morgan fingerprint density at radius 3 is 2.61 bits per heavy atom. The van der Waals surface area contributed by atoms with Crippen molar-refractivity contribution in [3.8, 4) is 11.8 Å². The lowest BCUT2D eigenvalue weighted by Gasteiger charge is -2.11. The van der Waals surface area contributed by atoms with Crippen LogP contribution in [-0.4, -0.2) is 17.2 Å². The van der Waals surface area contributed by atoms with Crippen molar-refractivity contribution in [1.82, 2.24) is 0 Å². The van der Waals surface area contributed by atoms with Crippen molar-refractivity contribution in [2.45, 2.75) is 25.4 Å². The van der Waals surface area contributed by atoms with E-state index >= 15 is 0 Å². The third-order valence-corrected chi connectivity index (χ3v) is 2.85. The van der Waals surface area contributed by atoms with Crippen molar-refractivity contribution >= 4 is 5.97 Å². The number of rotatable bonds is 1. The first-order chi connectivity index (χ1) is 8.66. The Morgan fingerprint density at radius 2 is 2.00 bits per heavy atom. The lowest BCUT2D eigenvalue weighted by molar-refractivity contribution is 0.0697. The van der Waals surface area contributed by atoms with Crippen molar-refractivity contribution in [2.75, 3.05) is 0 Å². The van der Waals surface area contributed by atoms with Crippen LogP contribution >= 0.6 is 0 Å². The molecule has 3 heteroatoms. The highest BCUT2D eigenvalue weighted by Crippen LogP contribution is 2.20. The molecule has 0 saturated carbocycles. The van der Waals surface area contributed by atoms with Crippen LogP contribution in [0.1, 0.15) is 35.2 Å². The molecule has 2 nitrogen and oxygen atoms in total. The maximum Gasteiger partial charge on any atom is 0.335 e. The van der Waals surface area contributed by atoms with Crippen LogP contribution in [0.25, 0.3) is 0 Å². The molecule has 1 N–H and O–H groups in total. The molecule has 0 spiro atoms. The summed E-state index contributed by atoms with van der Waals surface area (Å²) in [6, 6.07) is 6.25. The van der Waals surface area contributed by atoms with E-state index in [2.05, 4.69) is 11.8 Å². The summed E-state index contributed by atoms with van der Waals surface area (Å²) in [6.07, 6.45) is 3.18. The van der Waals surface area contributed by atoms with E-state index in [1.807, 2.05) is 6.08 Å². The zero-order valence-corrected chi connectivity index (χ0v) is 9.82. The molecule has 0 heterocycles. The topological polar surface area (TPSA) is 37.3 Å². The predicted octanol–water partition coefficient (Wildman–Crippen LogP) is 3.18. The van der Waals surface area contributed by atoms with Crippen molar-refractivity contribution in [2.24, 2.45) is 0 Å². The van der Waals surface area contributed by atoms with E-state index in [1.165, 1.54) is 12.1 Å². The number of benzene rings is 1. The molecular weight excluding hydrogens is 231 g/mol. The van der Waals surface area contributed by atoms with Gasteiger partial charge in [0.05, 0.1) is 5.56 Å². The molecule has 0 amide bonds. The van der Waals surface area contributed by atoms with Crippen molar-refractivity contribution < 1.29 is 14.3 Å². The van der Waals surface area contributed by atoms with Gasteiger partial charge in [-0.25, -0.2) is 9.18 Å². The van der Waals surface area contributed by atoms with Crippen LogP contribution in [-0.2, 0) is 0 Å². The number of hydrogen-bond donors (Lipinski definition) is 1. The molecule has 0 saturated heterocycles. The van der Waals surface area contributed by atoms with E-state index in [0.717, 1.165) is 12.8 Å². The zero-order valence-electron chi connectivity index (χ0n) is 9.82. The number of carboxylic acids is 1. The molecule has 18 heavy (non-hydrogen) atoms. The SMILES string of the molecule is O=C(O)c1ccc(C#CC2=CCCCC2F)cc1. The molecule has 1 unspecified atom stereocenters. The van der Waals surface area contributed by atoms with Gasteiger partial charge in [-0.15, -0.1) is 0 Å². The number of hydrogen-bond acceptors (Lipinski definition) is 1. The number of aromatic carboxylic acids is 1. The fourth-order valence-corrected chi connectivity index (χ4v) is 1.81. The first-order valence-electron chi connectivity index (χ1n) is 5.86. The van der Waals surface area contributed by atoms with Crippen LogP contribution in [0.15, 0.2) is 35.9 Å². The summed E-state index contributed by atoms with van der Waals surface area (Å²) < 4.78 is 13.5. The zero-order chi connectivity index (χ0) is 13.0. The van der Waals surface area contributed by atoms with Gasteiger partial charge in [0.25, 0.3) is 0 Å². The van der Waals surface area contributed by atoms with Crippen LogP contribution in [0.4, 0.5) is 4.39 Å². The summed E-state index contributed by atoms with van der Waals surface area (Å²) in [5.41, 5.74) is 1.46. The Bertz CT molecular complexity index is 532. The van der Waals surface area contributed by atoms with Crippen LogP contribution < -0.4 is 0 Å². The molecule has 0 radical (unpaired) electrons. The minimum absolute atomic E-state index is 0.223. The first-order valence-corrected chi connectivity index (χ1v) is 5.86. The number of carboxylic acid groups (broad SMARTS) is 1. The second-order valence-electron chi connectivity index (χ2n) is 4.19. The maximum absolute atomic E-state index is 13.5. The van der Waals surface area contributed by atoms with Crippen molar-refractivity contribution in [3.05, 3.63) is 47.0 Å². The summed E-state index contributed by atoms with van der Waals surface area (Å²) >= 11 is 0. The van der Waals surface area contributed by atoms with Gasteiger partial charge >= 0.3 is 5.97 Å². The third kappa shape index (κ3) is 2.98. The van der Waals surface area contributed by atoms with E-state index in [0.29, 0.717) is 17.6 Å². The fourth-order valence-electron chi connectivity index (χ4n) is 1.81. The molecule has 0 bridgehead atoms. The average Bonchev–Trinajstić information content (AvgIpc) is 2.38. The van der Waals surface area contributed by atoms with E-state index in [-0.39, 0.29) is 5.56 Å². The number of halogens is 1. The van der Waals surface area contributed by atoms with E-state index < -0.39 is 12.1 Å². The molecule has 0 aromatic heterocycles. The van der Waals surface area contributed by atoms with Gasteiger partial charge in [0.15, 0.2) is 0 Å². The lowest BCUT2D eigenvalue weighted by atomic mass is 9.98. The van der Waals surface area contributed by atoms with Gasteiger partial charge in [0.2, 0.25) is 0 Å². The summed E-state index contributed by atoms with van der Waals surface area (Å²) in [7, 11) is 0. The van der Waals surface area contributed by atoms with E-state index in [9.17, 15) is 9.18 Å². The second kappa shape index (κ2) is 5.50. The highest BCUT2D eigenvalue weighted by Gasteiger charge is 2.14. The fraction of sp³-hybridized carbons (Fsp3) is 0.267. The van der Waals surface area contributed by atoms with Crippen molar-refractivity contribution in [3.63, 3.8) is 0 Å². The Balaban J connectivity index is 2.14. The van der Waals surface area contributed by atoms with Gasteiger partial charge in [-0.1, -0.05) is 17.9 Å². The molecule has 1 aliphatic rings. The number of alkyl halides is 1. The van der Waals surface area contributed by atoms with Gasteiger partial charge < -0.3 is 5.11 Å². The first kappa shape index (κ1) is 12.4. The minimum atomic E-state index is -0.965. The summed E-state index contributed by atoms with van der Waals surface area (Å²) in [5, 5.41) is 8.75. The maximum atomic E-state index is 13.5. The Kier molecular flexibility index (Phi) is 3.78. The van der Waals surface area contributed by atoms with Gasteiger partial charge in [0, 0.05) is 11.1 Å². The van der Waals surface area contributed by atoms with Gasteiger partial charge in [0.1, 0.15) is 6.17 Å². The number of allylic oxidation sites excluding steroid dienone is 2. The average molecular weight is 244 g/mol. The normalized spacial score (nSPS) is 18.5. The van der Waals surface area contributed by atoms with Crippen molar-refractivity contribution in [1.29, 1.82) is 0 Å². The van der Waals surface area contributed by atoms with Crippen LogP contribution in [0, 0.1) is 11.8 Å². The molecule has 0 fully saturated rings. The highest BCUT2D eigenvalue weighted by molar-refractivity contribution is 5.87. The molecule has 1 atom stereocenters. The standard InChI is InChI=1S/C15H13FO2/c16-14-4-2-1-3-12(14)8-5-11-6-9-13(10-7-11)15(17)18/h3,6-7,9-10,14H,1-2,4H2,(H,17,18). The molecule has 92 valence electrons. The molecule has 0 aliphatic heterocycles. The molecule has 1 aromatic rings. The largest absolute Gasteiger partial charge is 0.478 e.